The maximum atomic E-state index is 13.0. The fourth-order valence-corrected chi connectivity index (χ4v) is 5.31. The van der Waals surface area contributed by atoms with E-state index in [1.807, 2.05) is 45.0 Å². The molecule has 0 unspecified atom stereocenters. The smallest absolute Gasteiger partial charge is 0.343 e. The van der Waals surface area contributed by atoms with E-state index in [-0.39, 0.29) is 24.3 Å². The van der Waals surface area contributed by atoms with E-state index in [0.29, 0.717) is 37.7 Å². The molecule has 1 fully saturated rings. The van der Waals surface area contributed by atoms with Crippen LogP contribution in [0.3, 0.4) is 0 Å². The summed E-state index contributed by atoms with van der Waals surface area (Å²) in [4.78, 5) is 39.7. The van der Waals surface area contributed by atoms with E-state index in [2.05, 4.69) is 22.6 Å². The topological polar surface area (TPSA) is 82.1 Å². The lowest BCUT2D eigenvalue weighted by atomic mass is 10.1. The van der Waals surface area contributed by atoms with Gasteiger partial charge in [0.05, 0.1) is 27.2 Å². The van der Waals surface area contributed by atoms with Gasteiger partial charge in [-0.15, -0.1) is 0 Å². The summed E-state index contributed by atoms with van der Waals surface area (Å²) in [7, 11) is 0. The van der Waals surface area contributed by atoms with E-state index in [9.17, 15) is 14.4 Å². The molecule has 0 aliphatic carbocycles. The van der Waals surface area contributed by atoms with Gasteiger partial charge in [-0.25, -0.2) is 4.79 Å². The number of imide groups is 1. The minimum Gasteiger partial charge on any atom is -0.491 e. The van der Waals surface area contributed by atoms with Crippen LogP contribution in [0.1, 0.15) is 34.0 Å². The maximum absolute atomic E-state index is 13.0. The molecular formula is C29H26INO6S. The first-order chi connectivity index (χ1) is 18.3. The van der Waals surface area contributed by atoms with Crippen molar-refractivity contribution in [2.45, 2.75) is 20.8 Å². The molecule has 38 heavy (non-hydrogen) atoms. The van der Waals surface area contributed by atoms with E-state index < -0.39 is 5.97 Å². The molecule has 1 heterocycles. The molecular weight excluding hydrogens is 617 g/mol. The van der Waals surface area contributed by atoms with Crippen LogP contribution in [-0.4, -0.2) is 41.8 Å². The average molecular weight is 643 g/mol. The highest BCUT2D eigenvalue weighted by Gasteiger charge is 2.35. The van der Waals surface area contributed by atoms with Gasteiger partial charge in [0.25, 0.3) is 11.1 Å². The van der Waals surface area contributed by atoms with Crippen LogP contribution >= 0.6 is 34.4 Å². The molecule has 7 nitrogen and oxygen atoms in total. The molecule has 0 N–H and O–H groups in total. The highest BCUT2D eigenvalue weighted by Crippen LogP contribution is 2.38. The van der Waals surface area contributed by atoms with E-state index in [4.69, 9.17) is 14.2 Å². The van der Waals surface area contributed by atoms with Crippen molar-refractivity contribution in [3.8, 4) is 17.2 Å². The van der Waals surface area contributed by atoms with E-state index in [1.54, 1.807) is 42.5 Å². The Morgan fingerprint density at radius 3 is 2.50 bits per heavy atom. The zero-order valence-corrected chi connectivity index (χ0v) is 24.1. The number of nitrogens with zero attached hydrogens (tertiary/aromatic N) is 1. The fourth-order valence-electron chi connectivity index (χ4n) is 3.71. The minimum atomic E-state index is -0.499. The fraction of sp³-hybridized carbons (Fsp3) is 0.207. The number of hydrogen-bond donors (Lipinski definition) is 0. The van der Waals surface area contributed by atoms with Crippen molar-refractivity contribution >= 4 is 57.5 Å². The lowest BCUT2D eigenvalue weighted by Gasteiger charge is -2.15. The minimum absolute atomic E-state index is 0.144. The first-order valence-corrected chi connectivity index (χ1v) is 13.9. The Labute approximate surface area is 239 Å². The molecule has 0 spiro atoms. The van der Waals surface area contributed by atoms with Gasteiger partial charge in [0, 0.05) is 0 Å². The maximum Gasteiger partial charge on any atom is 0.343 e. The van der Waals surface area contributed by atoms with Crippen LogP contribution < -0.4 is 14.2 Å². The molecule has 2 amide bonds. The van der Waals surface area contributed by atoms with Gasteiger partial charge in [0.2, 0.25) is 0 Å². The molecule has 0 saturated carbocycles. The number of esters is 1. The van der Waals surface area contributed by atoms with Gasteiger partial charge in [-0.05, 0) is 108 Å². The monoisotopic (exact) mass is 643 g/mol. The van der Waals surface area contributed by atoms with Gasteiger partial charge in [0.1, 0.15) is 12.4 Å². The standard InChI is InChI=1S/C29H26INO6S/c1-4-35-24-16-20(15-22(30)26(24)37-28(33)21-8-6-5-7-9-21)17-25-27(32)31(29(34)38-25)12-13-36-23-14-18(2)10-11-19(23)3/h5-11,14-17H,4,12-13H2,1-3H3/b25-17-. The molecule has 1 aliphatic rings. The van der Waals surface area contributed by atoms with Crippen molar-refractivity contribution in [1.29, 1.82) is 0 Å². The number of benzene rings is 3. The quantitative estimate of drug-likeness (QED) is 0.112. The van der Waals surface area contributed by atoms with E-state index in [0.717, 1.165) is 28.6 Å². The zero-order chi connectivity index (χ0) is 27.2. The Balaban J connectivity index is 1.49. The Hall–Kier alpha value is -3.31. The summed E-state index contributed by atoms with van der Waals surface area (Å²) in [5, 5.41) is -0.348. The Morgan fingerprint density at radius 2 is 1.76 bits per heavy atom. The second-order valence-corrected chi connectivity index (χ2v) is 10.6. The first kappa shape index (κ1) is 27.7. The van der Waals surface area contributed by atoms with Crippen molar-refractivity contribution < 1.29 is 28.6 Å². The highest BCUT2D eigenvalue weighted by molar-refractivity contribution is 14.1. The summed E-state index contributed by atoms with van der Waals surface area (Å²) < 4.78 is 17.9. The zero-order valence-electron chi connectivity index (χ0n) is 21.2. The second-order valence-electron chi connectivity index (χ2n) is 8.47. The number of aryl methyl sites for hydroxylation is 2. The third kappa shape index (κ3) is 6.57. The van der Waals surface area contributed by atoms with Gasteiger partial charge in [-0.2, -0.15) is 0 Å². The molecule has 3 aromatic rings. The second kappa shape index (κ2) is 12.5. The van der Waals surface area contributed by atoms with Crippen molar-refractivity contribution in [3.63, 3.8) is 0 Å². The third-order valence-corrected chi connectivity index (χ3v) is 7.33. The van der Waals surface area contributed by atoms with Crippen LogP contribution in [0.25, 0.3) is 6.08 Å². The van der Waals surface area contributed by atoms with Gasteiger partial charge in [-0.3, -0.25) is 14.5 Å². The average Bonchev–Trinajstić information content (AvgIpc) is 3.16. The van der Waals surface area contributed by atoms with Crippen LogP contribution in [0.5, 0.6) is 17.2 Å². The Kier molecular flexibility index (Phi) is 9.11. The Bertz CT molecular complexity index is 1410. The number of halogens is 1. The van der Waals surface area contributed by atoms with Crippen LogP contribution in [0, 0.1) is 17.4 Å². The molecule has 1 saturated heterocycles. The summed E-state index contributed by atoms with van der Waals surface area (Å²) >= 11 is 2.94. The summed E-state index contributed by atoms with van der Waals surface area (Å²) in [5.41, 5.74) is 3.13. The third-order valence-electron chi connectivity index (χ3n) is 5.62. The van der Waals surface area contributed by atoms with Gasteiger partial charge in [0.15, 0.2) is 11.5 Å². The molecule has 0 bridgehead atoms. The van der Waals surface area contributed by atoms with Crippen LogP contribution in [0.15, 0.2) is 65.6 Å². The molecule has 0 aromatic heterocycles. The number of ether oxygens (including phenoxy) is 3. The lowest BCUT2D eigenvalue weighted by Crippen LogP contribution is -2.32. The number of rotatable bonds is 9. The van der Waals surface area contributed by atoms with E-state index >= 15 is 0 Å². The number of carbonyl (C=O) groups excluding carboxylic acids is 3. The first-order valence-electron chi connectivity index (χ1n) is 12.0. The van der Waals surface area contributed by atoms with Crippen molar-refractivity contribution in [2.24, 2.45) is 0 Å². The Morgan fingerprint density at radius 1 is 1.00 bits per heavy atom. The van der Waals surface area contributed by atoms with Crippen LogP contribution in [0.4, 0.5) is 4.79 Å². The molecule has 196 valence electrons. The summed E-state index contributed by atoms with van der Waals surface area (Å²) in [6.45, 7) is 6.45. The van der Waals surface area contributed by atoms with Crippen molar-refractivity contribution in [2.75, 3.05) is 19.8 Å². The normalized spacial score (nSPS) is 14.2. The molecule has 9 heteroatoms. The summed E-state index contributed by atoms with van der Waals surface area (Å²) in [6.07, 6.45) is 1.64. The number of amides is 2. The predicted molar refractivity (Wildman–Crippen MR) is 156 cm³/mol. The number of carbonyl (C=O) groups is 3. The number of hydrogen-bond acceptors (Lipinski definition) is 7. The number of thioether (sulfide) groups is 1. The van der Waals surface area contributed by atoms with Gasteiger partial charge >= 0.3 is 5.97 Å². The molecule has 4 rings (SSSR count). The lowest BCUT2D eigenvalue weighted by molar-refractivity contribution is -0.123. The largest absolute Gasteiger partial charge is 0.491 e. The van der Waals surface area contributed by atoms with Crippen molar-refractivity contribution in [3.05, 3.63) is 91.4 Å². The van der Waals surface area contributed by atoms with E-state index in [1.165, 1.54) is 4.90 Å². The molecule has 3 aromatic carbocycles. The van der Waals surface area contributed by atoms with Crippen LogP contribution in [-0.2, 0) is 4.79 Å². The summed E-state index contributed by atoms with van der Waals surface area (Å²) in [5.74, 6) is 0.531. The highest BCUT2D eigenvalue weighted by atomic mass is 127. The summed E-state index contributed by atoms with van der Waals surface area (Å²) in [6, 6.07) is 18.1. The molecule has 1 aliphatic heterocycles. The van der Waals surface area contributed by atoms with Crippen molar-refractivity contribution in [1.82, 2.24) is 4.90 Å². The molecule has 0 atom stereocenters. The SMILES string of the molecule is CCOc1cc(/C=C2\SC(=O)N(CCOc3cc(C)ccc3C)C2=O)cc(I)c1OC(=O)c1ccccc1. The van der Waals surface area contributed by atoms with Gasteiger partial charge in [-0.1, -0.05) is 30.3 Å². The van der Waals surface area contributed by atoms with Gasteiger partial charge < -0.3 is 14.2 Å². The van der Waals surface area contributed by atoms with Crippen LogP contribution in [0.2, 0.25) is 0 Å². The predicted octanol–water partition coefficient (Wildman–Crippen LogP) is 6.64. The molecule has 0 radical (unpaired) electrons.